The summed E-state index contributed by atoms with van der Waals surface area (Å²) < 4.78 is 6.68. The van der Waals surface area contributed by atoms with Gasteiger partial charge in [-0.05, 0) is 37.3 Å². The van der Waals surface area contributed by atoms with Crippen molar-refractivity contribution >= 4 is 29.2 Å². The number of aromatic nitrogens is 4. The lowest BCUT2D eigenvalue weighted by atomic mass is 10.1. The predicted octanol–water partition coefficient (Wildman–Crippen LogP) is 4.09. The highest BCUT2D eigenvalue weighted by atomic mass is 35.5. The summed E-state index contributed by atoms with van der Waals surface area (Å²) in [6.45, 7) is 1.25. The van der Waals surface area contributed by atoms with E-state index in [1.807, 2.05) is 30.3 Å². The Bertz CT molecular complexity index is 1260. The molecule has 4 aromatic rings. The molecule has 0 spiro atoms. The molecule has 8 nitrogen and oxygen atoms in total. The third kappa shape index (κ3) is 4.81. The van der Waals surface area contributed by atoms with Crippen LogP contribution in [0.2, 0.25) is 5.02 Å². The number of nitrogens with zero attached hydrogens (tertiary/aromatic N) is 4. The molecule has 0 unspecified atom stereocenters. The first-order valence-corrected chi connectivity index (χ1v) is 10.0. The van der Waals surface area contributed by atoms with Crippen LogP contribution in [0.15, 0.2) is 73.3 Å². The van der Waals surface area contributed by atoms with Gasteiger partial charge in [-0.2, -0.15) is 5.10 Å². The Balaban J connectivity index is 1.42. The smallest absolute Gasteiger partial charge is 0.340 e. The second-order valence-corrected chi connectivity index (χ2v) is 7.26. The van der Waals surface area contributed by atoms with Gasteiger partial charge in [-0.1, -0.05) is 41.9 Å². The Kier molecular flexibility index (Phi) is 6.23. The monoisotopic (exact) mass is 447 g/mol. The zero-order valence-electron chi connectivity index (χ0n) is 17.0. The van der Waals surface area contributed by atoms with Crippen molar-refractivity contribution in [2.24, 2.45) is 0 Å². The van der Waals surface area contributed by atoms with Crippen LogP contribution in [0.3, 0.4) is 0 Å². The molecule has 0 fully saturated rings. The maximum atomic E-state index is 12.5. The standard InChI is InChI=1S/C23H18ClN5O3/c1-15-18(8-9-19(27-15)16-5-3-2-4-6-16)23(31)32-12-22(30)28-20-11-17(24)7-10-21(20)29-14-25-13-26-29/h2-11,13-14H,12H2,1H3,(H,28,30). The van der Waals surface area contributed by atoms with Crippen LogP contribution in [0.4, 0.5) is 5.69 Å². The van der Waals surface area contributed by atoms with Crippen molar-refractivity contribution in [3.8, 4) is 16.9 Å². The molecule has 32 heavy (non-hydrogen) atoms. The molecule has 0 aliphatic heterocycles. The first-order valence-electron chi connectivity index (χ1n) is 9.66. The minimum atomic E-state index is -0.632. The highest BCUT2D eigenvalue weighted by Crippen LogP contribution is 2.24. The van der Waals surface area contributed by atoms with Crippen LogP contribution in [0.1, 0.15) is 16.1 Å². The summed E-state index contributed by atoms with van der Waals surface area (Å²) in [5.41, 5.74) is 3.49. The van der Waals surface area contributed by atoms with Crippen molar-refractivity contribution in [3.63, 3.8) is 0 Å². The number of halogens is 1. The van der Waals surface area contributed by atoms with Gasteiger partial charge in [-0.25, -0.2) is 14.5 Å². The fraction of sp³-hybridized carbons (Fsp3) is 0.0870. The molecule has 1 N–H and O–H groups in total. The van der Waals surface area contributed by atoms with Gasteiger partial charge in [-0.3, -0.25) is 9.78 Å². The van der Waals surface area contributed by atoms with E-state index in [1.54, 1.807) is 37.3 Å². The first kappa shape index (κ1) is 21.2. The lowest BCUT2D eigenvalue weighted by Crippen LogP contribution is -2.22. The summed E-state index contributed by atoms with van der Waals surface area (Å²) in [5, 5.41) is 7.17. The second-order valence-electron chi connectivity index (χ2n) is 6.82. The van der Waals surface area contributed by atoms with E-state index in [4.69, 9.17) is 16.3 Å². The van der Waals surface area contributed by atoms with E-state index < -0.39 is 18.5 Å². The molecule has 2 aromatic carbocycles. The summed E-state index contributed by atoms with van der Waals surface area (Å²) in [6.07, 6.45) is 2.87. The summed E-state index contributed by atoms with van der Waals surface area (Å²) in [7, 11) is 0. The van der Waals surface area contributed by atoms with Gasteiger partial charge in [0.25, 0.3) is 5.91 Å². The second kappa shape index (κ2) is 9.40. The van der Waals surface area contributed by atoms with Crippen molar-refractivity contribution in [2.45, 2.75) is 6.92 Å². The Morgan fingerprint density at radius 1 is 1.09 bits per heavy atom. The molecule has 0 saturated carbocycles. The number of anilines is 1. The first-order chi connectivity index (χ1) is 15.5. The molecule has 0 bridgehead atoms. The minimum absolute atomic E-state index is 0.295. The topological polar surface area (TPSA) is 99.0 Å². The number of carbonyl (C=O) groups excluding carboxylic acids is 2. The average molecular weight is 448 g/mol. The maximum absolute atomic E-state index is 12.5. The number of hydrogen-bond acceptors (Lipinski definition) is 6. The number of ether oxygens (including phenoxy) is 1. The fourth-order valence-electron chi connectivity index (χ4n) is 3.08. The van der Waals surface area contributed by atoms with E-state index in [2.05, 4.69) is 20.4 Å². The SMILES string of the molecule is Cc1nc(-c2ccccc2)ccc1C(=O)OCC(=O)Nc1cc(Cl)ccc1-n1cncn1. The van der Waals surface area contributed by atoms with Crippen LogP contribution in [-0.2, 0) is 9.53 Å². The van der Waals surface area contributed by atoms with Gasteiger partial charge >= 0.3 is 5.97 Å². The third-order valence-electron chi connectivity index (χ3n) is 4.61. The van der Waals surface area contributed by atoms with Crippen molar-refractivity contribution in [1.29, 1.82) is 0 Å². The van der Waals surface area contributed by atoms with Gasteiger partial charge in [-0.15, -0.1) is 0 Å². The van der Waals surface area contributed by atoms with Crippen LogP contribution < -0.4 is 5.32 Å². The molecule has 0 aliphatic carbocycles. The Hall–Kier alpha value is -4.04. The van der Waals surface area contributed by atoms with Gasteiger partial charge in [0, 0.05) is 10.6 Å². The summed E-state index contributed by atoms with van der Waals surface area (Å²) in [6, 6.07) is 18.0. The molecule has 2 heterocycles. The van der Waals surface area contributed by atoms with Gasteiger partial charge in [0.05, 0.1) is 28.3 Å². The minimum Gasteiger partial charge on any atom is -0.452 e. The third-order valence-corrected chi connectivity index (χ3v) is 4.84. The molecule has 2 aromatic heterocycles. The van der Waals surface area contributed by atoms with Crippen molar-refractivity contribution < 1.29 is 14.3 Å². The average Bonchev–Trinajstić information content (AvgIpc) is 3.33. The van der Waals surface area contributed by atoms with Gasteiger partial charge < -0.3 is 10.1 Å². The highest BCUT2D eigenvalue weighted by molar-refractivity contribution is 6.31. The number of esters is 1. The number of benzene rings is 2. The summed E-state index contributed by atoms with van der Waals surface area (Å²) >= 11 is 6.05. The number of carbonyl (C=O) groups is 2. The number of aryl methyl sites for hydroxylation is 1. The van der Waals surface area contributed by atoms with Crippen molar-refractivity contribution in [2.75, 3.05) is 11.9 Å². The zero-order valence-corrected chi connectivity index (χ0v) is 17.8. The zero-order chi connectivity index (χ0) is 22.5. The fourth-order valence-corrected chi connectivity index (χ4v) is 3.25. The quantitative estimate of drug-likeness (QED) is 0.447. The highest BCUT2D eigenvalue weighted by Gasteiger charge is 2.16. The van der Waals surface area contributed by atoms with E-state index in [9.17, 15) is 9.59 Å². The lowest BCUT2D eigenvalue weighted by molar-refractivity contribution is -0.119. The van der Waals surface area contributed by atoms with E-state index in [1.165, 1.54) is 17.3 Å². The Morgan fingerprint density at radius 3 is 2.62 bits per heavy atom. The molecule has 0 atom stereocenters. The number of nitrogens with one attached hydrogen (secondary N) is 1. The number of pyridine rings is 1. The molecule has 9 heteroatoms. The largest absolute Gasteiger partial charge is 0.452 e. The Labute approximate surface area is 188 Å². The van der Waals surface area contributed by atoms with Crippen LogP contribution >= 0.6 is 11.6 Å². The molecular formula is C23H18ClN5O3. The van der Waals surface area contributed by atoms with E-state index >= 15 is 0 Å². The van der Waals surface area contributed by atoms with Crippen molar-refractivity contribution in [3.05, 3.63) is 89.6 Å². The molecule has 4 rings (SSSR count). The molecule has 0 radical (unpaired) electrons. The van der Waals surface area contributed by atoms with Gasteiger partial charge in [0.1, 0.15) is 12.7 Å². The number of hydrogen-bond donors (Lipinski definition) is 1. The van der Waals surface area contributed by atoms with Crippen LogP contribution in [0, 0.1) is 6.92 Å². The molecule has 1 amide bonds. The van der Waals surface area contributed by atoms with Crippen molar-refractivity contribution in [1.82, 2.24) is 19.7 Å². The van der Waals surface area contributed by atoms with Gasteiger partial charge in [0.15, 0.2) is 6.61 Å². The number of rotatable bonds is 6. The Morgan fingerprint density at radius 2 is 1.91 bits per heavy atom. The van der Waals surface area contributed by atoms with Crippen LogP contribution in [-0.4, -0.2) is 38.2 Å². The van der Waals surface area contributed by atoms with E-state index in [0.29, 0.717) is 27.7 Å². The summed E-state index contributed by atoms with van der Waals surface area (Å²) in [4.78, 5) is 33.3. The van der Waals surface area contributed by atoms with Gasteiger partial charge in [0.2, 0.25) is 0 Å². The summed E-state index contributed by atoms with van der Waals surface area (Å²) in [5.74, 6) is -1.15. The molecule has 0 saturated heterocycles. The van der Waals surface area contributed by atoms with E-state index in [-0.39, 0.29) is 0 Å². The number of amides is 1. The van der Waals surface area contributed by atoms with Crippen LogP contribution in [0.5, 0.6) is 0 Å². The lowest BCUT2D eigenvalue weighted by Gasteiger charge is -2.12. The predicted molar refractivity (Wildman–Crippen MR) is 120 cm³/mol. The van der Waals surface area contributed by atoms with Crippen LogP contribution in [0.25, 0.3) is 16.9 Å². The maximum Gasteiger partial charge on any atom is 0.340 e. The molecular weight excluding hydrogens is 430 g/mol. The van der Waals surface area contributed by atoms with E-state index in [0.717, 1.165) is 11.3 Å². The normalized spacial score (nSPS) is 10.6. The molecule has 160 valence electrons. The molecule has 0 aliphatic rings.